The van der Waals surface area contributed by atoms with Gasteiger partial charge in [0, 0.05) is 31.7 Å². The molecule has 2 aliphatic rings. The predicted octanol–water partition coefficient (Wildman–Crippen LogP) is 2.15. The molecule has 4 nitrogen and oxygen atoms in total. The molecular weight excluding hydrogens is 319 g/mol. The second kappa shape index (κ2) is 7.16. The highest BCUT2D eigenvalue weighted by Crippen LogP contribution is 2.48. The monoisotopic (exact) mass is 342 g/mol. The number of nitrogens with two attached hydrogens (primary N) is 1. The zero-order chi connectivity index (χ0) is 15.6. The van der Waals surface area contributed by atoms with E-state index in [1.54, 1.807) is 12.1 Å². The predicted molar refractivity (Wildman–Crippen MR) is 89.1 cm³/mol. The molecule has 0 atom stereocenters. The van der Waals surface area contributed by atoms with E-state index < -0.39 is 5.41 Å². The second-order valence-corrected chi connectivity index (χ2v) is 6.57. The van der Waals surface area contributed by atoms with Crippen LogP contribution in [-0.4, -0.2) is 32.2 Å². The van der Waals surface area contributed by atoms with Gasteiger partial charge in [0.15, 0.2) is 0 Å². The van der Waals surface area contributed by atoms with Crippen molar-refractivity contribution in [3.8, 4) is 0 Å². The molecule has 2 fully saturated rings. The van der Waals surface area contributed by atoms with Crippen LogP contribution in [0.4, 0.5) is 4.39 Å². The van der Waals surface area contributed by atoms with Crippen molar-refractivity contribution in [2.45, 2.75) is 31.1 Å². The number of benzene rings is 1. The number of amides is 1. The number of halogens is 2. The molecule has 1 aliphatic carbocycles. The Balaban J connectivity index is 0.00000192. The first-order valence-corrected chi connectivity index (χ1v) is 7.92. The molecule has 128 valence electrons. The van der Waals surface area contributed by atoms with Gasteiger partial charge in [-0.3, -0.25) is 4.79 Å². The standard InChI is InChI=1S/C17H23FN2O2.ClH/c18-14-3-1-2-13(10-14)17(4-5-17)12-20-15(21)16(11-19)6-8-22-9-7-16;/h1-3,10H,4-9,11-12,19H2,(H,20,21);1H. The largest absolute Gasteiger partial charge is 0.381 e. The number of nitrogens with one attached hydrogen (secondary N) is 1. The Hall–Kier alpha value is -1.17. The number of carbonyl (C=O) groups is 1. The van der Waals surface area contributed by atoms with Gasteiger partial charge in [-0.1, -0.05) is 12.1 Å². The van der Waals surface area contributed by atoms with Crippen molar-refractivity contribution in [2.75, 3.05) is 26.3 Å². The molecule has 1 amide bonds. The van der Waals surface area contributed by atoms with Crippen LogP contribution in [0.15, 0.2) is 24.3 Å². The maximum absolute atomic E-state index is 13.4. The molecule has 23 heavy (non-hydrogen) atoms. The summed E-state index contributed by atoms with van der Waals surface area (Å²) in [7, 11) is 0. The molecule has 1 aromatic carbocycles. The molecule has 1 saturated carbocycles. The lowest BCUT2D eigenvalue weighted by Gasteiger charge is -2.35. The Morgan fingerprint density at radius 2 is 1.96 bits per heavy atom. The van der Waals surface area contributed by atoms with E-state index in [1.165, 1.54) is 6.07 Å². The maximum atomic E-state index is 13.4. The van der Waals surface area contributed by atoms with Crippen molar-refractivity contribution in [3.63, 3.8) is 0 Å². The zero-order valence-corrected chi connectivity index (χ0v) is 14.0. The van der Waals surface area contributed by atoms with Crippen LogP contribution in [0.1, 0.15) is 31.2 Å². The van der Waals surface area contributed by atoms with Crippen molar-refractivity contribution in [1.82, 2.24) is 5.32 Å². The van der Waals surface area contributed by atoms with Crippen LogP contribution in [0.25, 0.3) is 0 Å². The van der Waals surface area contributed by atoms with Gasteiger partial charge in [-0.2, -0.15) is 0 Å². The normalized spacial score (nSPS) is 21.1. The van der Waals surface area contributed by atoms with Crippen molar-refractivity contribution in [3.05, 3.63) is 35.6 Å². The fraction of sp³-hybridized carbons (Fsp3) is 0.588. The van der Waals surface area contributed by atoms with Crippen molar-refractivity contribution in [2.24, 2.45) is 11.1 Å². The minimum Gasteiger partial charge on any atom is -0.381 e. The molecule has 0 aromatic heterocycles. The van der Waals surface area contributed by atoms with Crippen molar-refractivity contribution >= 4 is 18.3 Å². The highest BCUT2D eigenvalue weighted by Gasteiger charge is 2.46. The topological polar surface area (TPSA) is 64.4 Å². The third-order valence-electron chi connectivity index (χ3n) is 5.20. The van der Waals surface area contributed by atoms with E-state index >= 15 is 0 Å². The average molecular weight is 343 g/mol. The van der Waals surface area contributed by atoms with Crippen LogP contribution in [0.2, 0.25) is 0 Å². The molecule has 0 unspecified atom stereocenters. The summed E-state index contributed by atoms with van der Waals surface area (Å²) < 4.78 is 18.8. The summed E-state index contributed by atoms with van der Waals surface area (Å²) in [6, 6.07) is 6.69. The van der Waals surface area contributed by atoms with Gasteiger partial charge in [0.25, 0.3) is 0 Å². The highest BCUT2D eigenvalue weighted by molar-refractivity contribution is 5.85. The molecule has 3 N–H and O–H groups in total. The Labute approximate surface area is 142 Å². The summed E-state index contributed by atoms with van der Waals surface area (Å²) in [6.07, 6.45) is 3.30. The summed E-state index contributed by atoms with van der Waals surface area (Å²) in [4.78, 5) is 12.6. The molecule has 1 aliphatic heterocycles. The van der Waals surface area contributed by atoms with Gasteiger partial charge in [0.05, 0.1) is 5.41 Å². The Morgan fingerprint density at radius 3 is 2.52 bits per heavy atom. The van der Waals surface area contributed by atoms with Crippen LogP contribution in [0.3, 0.4) is 0 Å². The van der Waals surface area contributed by atoms with Crippen LogP contribution in [0, 0.1) is 11.2 Å². The smallest absolute Gasteiger partial charge is 0.227 e. The van der Waals surface area contributed by atoms with E-state index in [-0.39, 0.29) is 29.5 Å². The van der Waals surface area contributed by atoms with Crippen LogP contribution in [0.5, 0.6) is 0 Å². The Kier molecular flexibility index (Phi) is 5.65. The lowest BCUT2D eigenvalue weighted by atomic mass is 9.79. The molecule has 0 bridgehead atoms. The van der Waals surface area contributed by atoms with E-state index in [9.17, 15) is 9.18 Å². The molecule has 3 rings (SSSR count). The minimum atomic E-state index is -0.504. The fourth-order valence-corrected chi connectivity index (χ4v) is 3.26. The third-order valence-corrected chi connectivity index (χ3v) is 5.20. The molecule has 0 radical (unpaired) electrons. The van der Waals surface area contributed by atoms with Crippen LogP contribution >= 0.6 is 12.4 Å². The van der Waals surface area contributed by atoms with Crippen molar-refractivity contribution in [1.29, 1.82) is 0 Å². The zero-order valence-electron chi connectivity index (χ0n) is 13.1. The SMILES string of the molecule is Cl.NCC1(C(=O)NCC2(c3cccc(F)c3)CC2)CCOCC1. The first kappa shape index (κ1) is 18.2. The number of hydrogen-bond acceptors (Lipinski definition) is 3. The number of ether oxygens (including phenoxy) is 1. The molecular formula is C17H24ClFN2O2. The number of hydrogen-bond donors (Lipinski definition) is 2. The van der Waals surface area contributed by atoms with Gasteiger partial charge >= 0.3 is 0 Å². The first-order valence-electron chi connectivity index (χ1n) is 7.92. The van der Waals surface area contributed by atoms with Gasteiger partial charge < -0.3 is 15.8 Å². The van der Waals surface area contributed by atoms with Gasteiger partial charge in [-0.25, -0.2) is 4.39 Å². The third kappa shape index (κ3) is 3.67. The summed E-state index contributed by atoms with van der Waals surface area (Å²) in [5.41, 5.74) is 6.23. The van der Waals surface area contributed by atoms with Gasteiger partial charge in [-0.15, -0.1) is 12.4 Å². The van der Waals surface area contributed by atoms with E-state index in [1.807, 2.05) is 6.07 Å². The number of carbonyl (C=O) groups excluding carboxylic acids is 1. The van der Waals surface area contributed by atoms with Crippen LogP contribution in [-0.2, 0) is 14.9 Å². The Morgan fingerprint density at radius 1 is 1.26 bits per heavy atom. The van der Waals surface area contributed by atoms with Gasteiger partial charge in [0.2, 0.25) is 5.91 Å². The summed E-state index contributed by atoms with van der Waals surface area (Å²) in [5.74, 6) is -0.209. The van der Waals surface area contributed by atoms with E-state index in [4.69, 9.17) is 10.5 Å². The lowest BCUT2D eigenvalue weighted by molar-refractivity contribution is -0.136. The fourth-order valence-electron chi connectivity index (χ4n) is 3.26. The number of rotatable bonds is 5. The molecule has 6 heteroatoms. The average Bonchev–Trinajstić information content (AvgIpc) is 3.34. The summed E-state index contributed by atoms with van der Waals surface area (Å²) >= 11 is 0. The summed E-state index contributed by atoms with van der Waals surface area (Å²) in [6.45, 7) is 2.06. The first-order chi connectivity index (χ1) is 10.6. The molecule has 1 aromatic rings. The van der Waals surface area contributed by atoms with Gasteiger partial charge in [-0.05, 0) is 43.4 Å². The van der Waals surface area contributed by atoms with Gasteiger partial charge in [0.1, 0.15) is 5.82 Å². The highest BCUT2D eigenvalue weighted by atomic mass is 35.5. The lowest BCUT2D eigenvalue weighted by Crippen LogP contribution is -2.50. The molecule has 1 saturated heterocycles. The maximum Gasteiger partial charge on any atom is 0.227 e. The van der Waals surface area contributed by atoms with Crippen molar-refractivity contribution < 1.29 is 13.9 Å². The Bertz CT molecular complexity index is 557. The van der Waals surface area contributed by atoms with E-state index in [0.29, 0.717) is 39.1 Å². The van der Waals surface area contributed by atoms with Crippen LogP contribution < -0.4 is 11.1 Å². The minimum absolute atomic E-state index is 0. The summed E-state index contributed by atoms with van der Waals surface area (Å²) in [5, 5.41) is 3.07. The van der Waals surface area contributed by atoms with E-state index in [2.05, 4.69) is 5.32 Å². The van der Waals surface area contributed by atoms with E-state index in [0.717, 1.165) is 18.4 Å². The second-order valence-electron chi connectivity index (χ2n) is 6.57. The molecule has 0 spiro atoms. The quantitative estimate of drug-likeness (QED) is 0.861. The molecule has 1 heterocycles.